The quantitative estimate of drug-likeness (QED) is 0.843. The summed E-state index contributed by atoms with van der Waals surface area (Å²) in [5.41, 5.74) is 2.95. The summed E-state index contributed by atoms with van der Waals surface area (Å²) in [4.78, 5) is 12.2. The minimum Gasteiger partial charge on any atom is -0.493 e. The molecule has 0 heterocycles. The van der Waals surface area contributed by atoms with Gasteiger partial charge in [-0.15, -0.1) is 0 Å². The fraction of sp³-hybridized carbons (Fsp3) is 0.316. The molecule has 24 heavy (non-hydrogen) atoms. The highest BCUT2D eigenvalue weighted by Crippen LogP contribution is 2.39. The Kier molecular flexibility index (Phi) is 6.07. The van der Waals surface area contributed by atoms with Crippen LogP contribution in [0.25, 0.3) is 0 Å². The van der Waals surface area contributed by atoms with E-state index in [1.54, 1.807) is 33.5 Å². The van der Waals surface area contributed by atoms with Gasteiger partial charge >= 0.3 is 0 Å². The molecule has 2 rings (SSSR count). The Bertz CT molecular complexity index is 687. The van der Waals surface area contributed by atoms with Crippen molar-refractivity contribution in [3.05, 3.63) is 47.5 Å². The van der Waals surface area contributed by atoms with Crippen LogP contribution in [0.15, 0.2) is 36.4 Å². The molecule has 5 heteroatoms. The highest BCUT2D eigenvalue weighted by Gasteiger charge is 2.14. The zero-order valence-electron chi connectivity index (χ0n) is 14.5. The molecule has 0 fully saturated rings. The number of rotatable bonds is 7. The second-order valence-corrected chi connectivity index (χ2v) is 5.45. The van der Waals surface area contributed by atoms with E-state index in [9.17, 15) is 4.79 Å². The predicted molar refractivity (Wildman–Crippen MR) is 94.2 cm³/mol. The van der Waals surface area contributed by atoms with E-state index in [-0.39, 0.29) is 5.91 Å². The second-order valence-electron chi connectivity index (χ2n) is 5.45. The standard InChI is InChI=1S/C19H23NO4/c1-13-6-5-7-14(10-13)8-9-18(21)20-15-11-16(22-2)19(24-4)17(12-15)23-3/h5-7,10-12H,8-9H2,1-4H3,(H,20,21). The Morgan fingerprint density at radius 3 is 2.21 bits per heavy atom. The van der Waals surface area contributed by atoms with Gasteiger partial charge in [-0.3, -0.25) is 4.79 Å². The summed E-state index contributed by atoms with van der Waals surface area (Å²) in [6.07, 6.45) is 1.10. The van der Waals surface area contributed by atoms with Gasteiger partial charge in [0.05, 0.1) is 21.3 Å². The average molecular weight is 329 g/mol. The van der Waals surface area contributed by atoms with Gasteiger partial charge in [-0.1, -0.05) is 29.8 Å². The Hall–Kier alpha value is -2.69. The lowest BCUT2D eigenvalue weighted by Gasteiger charge is -2.14. The first-order chi connectivity index (χ1) is 11.6. The van der Waals surface area contributed by atoms with E-state index in [0.29, 0.717) is 35.8 Å². The lowest BCUT2D eigenvalue weighted by molar-refractivity contribution is -0.116. The third kappa shape index (κ3) is 4.41. The second kappa shape index (κ2) is 8.24. The van der Waals surface area contributed by atoms with E-state index in [2.05, 4.69) is 11.4 Å². The van der Waals surface area contributed by atoms with Crippen molar-refractivity contribution >= 4 is 11.6 Å². The van der Waals surface area contributed by atoms with Gasteiger partial charge in [0.1, 0.15) is 0 Å². The van der Waals surface area contributed by atoms with Crippen LogP contribution in [-0.2, 0) is 11.2 Å². The Labute approximate surface area is 142 Å². The largest absolute Gasteiger partial charge is 0.493 e. The van der Waals surface area contributed by atoms with Crippen LogP contribution in [0.4, 0.5) is 5.69 Å². The van der Waals surface area contributed by atoms with E-state index < -0.39 is 0 Å². The summed E-state index contributed by atoms with van der Waals surface area (Å²) in [6.45, 7) is 2.04. The monoisotopic (exact) mass is 329 g/mol. The van der Waals surface area contributed by atoms with Gasteiger partial charge < -0.3 is 19.5 Å². The molecule has 0 aliphatic carbocycles. The van der Waals surface area contributed by atoms with E-state index in [0.717, 1.165) is 5.56 Å². The average Bonchev–Trinajstić information content (AvgIpc) is 2.59. The number of hydrogen-bond acceptors (Lipinski definition) is 4. The van der Waals surface area contributed by atoms with Gasteiger partial charge in [-0.25, -0.2) is 0 Å². The number of anilines is 1. The third-order valence-electron chi connectivity index (χ3n) is 3.67. The maximum absolute atomic E-state index is 12.2. The van der Waals surface area contributed by atoms with E-state index in [1.807, 2.05) is 25.1 Å². The van der Waals surface area contributed by atoms with Crippen molar-refractivity contribution in [2.45, 2.75) is 19.8 Å². The van der Waals surface area contributed by atoms with Crippen molar-refractivity contribution in [2.24, 2.45) is 0 Å². The van der Waals surface area contributed by atoms with Gasteiger partial charge in [0, 0.05) is 24.2 Å². The summed E-state index contributed by atoms with van der Waals surface area (Å²) in [7, 11) is 4.63. The van der Waals surface area contributed by atoms with Gasteiger partial charge in [0.2, 0.25) is 11.7 Å². The Morgan fingerprint density at radius 1 is 1.00 bits per heavy atom. The number of methoxy groups -OCH3 is 3. The first-order valence-electron chi connectivity index (χ1n) is 7.72. The van der Waals surface area contributed by atoms with Crippen molar-refractivity contribution in [3.63, 3.8) is 0 Å². The number of hydrogen-bond donors (Lipinski definition) is 1. The summed E-state index contributed by atoms with van der Waals surface area (Å²) >= 11 is 0. The van der Waals surface area contributed by atoms with Crippen molar-refractivity contribution in [1.29, 1.82) is 0 Å². The molecule has 2 aromatic carbocycles. The van der Waals surface area contributed by atoms with Crippen LogP contribution in [0.2, 0.25) is 0 Å². The molecule has 0 radical (unpaired) electrons. The zero-order chi connectivity index (χ0) is 17.5. The highest BCUT2D eigenvalue weighted by atomic mass is 16.5. The topological polar surface area (TPSA) is 56.8 Å². The molecule has 0 aliphatic heterocycles. The van der Waals surface area contributed by atoms with Crippen molar-refractivity contribution in [2.75, 3.05) is 26.6 Å². The number of benzene rings is 2. The molecule has 0 unspecified atom stereocenters. The van der Waals surface area contributed by atoms with Crippen LogP contribution in [-0.4, -0.2) is 27.2 Å². The molecule has 1 amide bonds. The lowest BCUT2D eigenvalue weighted by atomic mass is 10.1. The molecule has 0 bridgehead atoms. The van der Waals surface area contributed by atoms with Gasteiger partial charge in [-0.2, -0.15) is 0 Å². The first-order valence-corrected chi connectivity index (χ1v) is 7.72. The van der Waals surface area contributed by atoms with E-state index >= 15 is 0 Å². The maximum atomic E-state index is 12.2. The molecule has 0 spiro atoms. The summed E-state index contributed by atoms with van der Waals surface area (Å²) in [6, 6.07) is 11.6. The molecule has 0 aliphatic rings. The van der Waals surface area contributed by atoms with Crippen LogP contribution >= 0.6 is 0 Å². The fourth-order valence-electron chi connectivity index (χ4n) is 2.50. The lowest BCUT2D eigenvalue weighted by Crippen LogP contribution is -2.12. The van der Waals surface area contributed by atoms with Crippen molar-refractivity contribution in [3.8, 4) is 17.2 Å². The van der Waals surface area contributed by atoms with Gasteiger partial charge in [-0.05, 0) is 18.9 Å². The van der Waals surface area contributed by atoms with Gasteiger partial charge in [0.15, 0.2) is 11.5 Å². The third-order valence-corrected chi connectivity index (χ3v) is 3.67. The fourth-order valence-corrected chi connectivity index (χ4v) is 2.50. The highest BCUT2D eigenvalue weighted by molar-refractivity contribution is 5.91. The molecule has 0 saturated heterocycles. The maximum Gasteiger partial charge on any atom is 0.224 e. The minimum absolute atomic E-state index is 0.0641. The van der Waals surface area contributed by atoms with Crippen LogP contribution in [0, 0.1) is 6.92 Å². The zero-order valence-corrected chi connectivity index (χ0v) is 14.5. The Balaban J connectivity index is 2.05. The molecule has 0 atom stereocenters. The predicted octanol–water partition coefficient (Wildman–Crippen LogP) is 3.59. The number of amides is 1. The Morgan fingerprint density at radius 2 is 1.67 bits per heavy atom. The number of ether oxygens (including phenoxy) is 3. The summed E-state index contributed by atoms with van der Waals surface area (Å²) < 4.78 is 15.8. The normalized spacial score (nSPS) is 10.2. The number of nitrogens with one attached hydrogen (secondary N) is 1. The molecule has 0 saturated carbocycles. The molecule has 5 nitrogen and oxygen atoms in total. The molecule has 0 aromatic heterocycles. The van der Waals surface area contributed by atoms with Gasteiger partial charge in [0.25, 0.3) is 0 Å². The van der Waals surface area contributed by atoms with Crippen LogP contribution < -0.4 is 19.5 Å². The van der Waals surface area contributed by atoms with E-state index in [4.69, 9.17) is 14.2 Å². The van der Waals surface area contributed by atoms with Crippen molar-refractivity contribution in [1.82, 2.24) is 0 Å². The summed E-state index contributed by atoms with van der Waals surface area (Å²) in [5, 5.41) is 2.87. The molecule has 2 aromatic rings. The number of carbonyl (C=O) groups excluding carboxylic acids is 1. The molecular weight excluding hydrogens is 306 g/mol. The van der Waals surface area contributed by atoms with Crippen LogP contribution in [0.5, 0.6) is 17.2 Å². The summed E-state index contributed by atoms with van der Waals surface area (Å²) in [5.74, 6) is 1.44. The smallest absolute Gasteiger partial charge is 0.224 e. The van der Waals surface area contributed by atoms with Crippen LogP contribution in [0.1, 0.15) is 17.5 Å². The molecule has 128 valence electrons. The van der Waals surface area contributed by atoms with Crippen LogP contribution in [0.3, 0.4) is 0 Å². The van der Waals surface area contributed by atoms with Crippen molar-refractivity contribution < 1.29 is 19.0 Å². The SMILES string of the molecule is COc1cc(NC(=O)CCc2cccc(C)c2)cc(OC)c1OC. The molecule has 1 N–H and O–H groups in total. The number of carbonyl (C=O) groups is 1. The number of aryl methyl sites for hydroxylation is 2. The van der Waals surface area contributed by atoms with E-state index in [1.165, 1.54) is 5.56 Å². The minimum atomic E-state index is -0.0641. The first kappa shape index (κ1) is 17.7. The molecular formula is C19H23NO4.